The lowest BCUT2D eigenvalue weighted by Gasteiger charge is -2.29. The Morgan fingerprint density at radius 3 is 2.10 bits per heavy atom. The van der Waals surface area contributed by atoms with Crippen molar-refractivity contribution >= 4 is 16.5 Å². The fraction of sp³-hybridized carbons (Fsp3) is 0.250. The Bertz CT molecular complexity index is 577. The van der Waals surface area contributed by atoms with Crippen LogP contribution in [0, 0.1) is 0 Å². The highest BCUT2D eigenvalue weighted by atomic mass is 32.2. The van der Waals surface area contributed by atoms with E-state index in [1.807, 2.05) is 42.5 Å². The maximum Gasteiger partial charge on any atom is 0.0849 e. The molecule has 1 fully saturated rings. The third-order valence-electron chi connectivity index (χ3n) is 3.49. The number of anilines is 1. The van der Waals surface area contributed by atoms with E-state index in [1.54, 1.807) is 0 Å². The monoisotopic (exact) mass is 286 g/mol. The van der Waals surface area contributed by atoms with Crippen LogP contribution in [0.15, 0.2) is 64.4 Å². The fourth-order valence-corrected chi connectivity index (χ4v) is 3.44. The predicted molar refractivity (Wildman–Crippen MR) is 82.6 cm³/mol. The zero-order valence-electron chi connectivity index (χ0n) is 11.3. The number of hydrogen-bond donors (Lipinski definition) is 1. The van der Waals surface area contributed by atoms with Crippen LogP contribution >= 0.6 is 0 Å². The molecule has 3 rings (SSSR count). The van der Waals surface area contributed by atoms with E-state index in [4.69, 9.17) is 0 Å². The van der Waals surface area contributed by atoms with Crippen LogP contribution in [0.5, 0.6) is 0 Å². The Morgan fingerprint density at radius 2 is 1.45 bits per heavy atom. The lowest BCUT2D eigenvalue weighted by molar-refractivity contribution is 0.589. The van der Waals surface area contributed by atoms with Crippen molar-refractivity contribution in [1.29, 1.82) is 0 Å². The predicted octanol–water partition coefficient (Wildman–Crippen LogP) is 2.26. The quantitative estimate of drug-likeness (QED) is 0.939. The van der Waals surface area contributed by atoms with E-state index in [-0.39, 0.29) is 0 Å². The summed E-state index contributed by atoms with van der Waals surface area (Å²) in [6.07, 6.45) is 0. The minimum absolute atomic E-state index is 0.849. The molecule has 1 atom stereocenters. The molecule has 0 radical (unpaired) electrons. The zero-order valence-corrected chi connectivity index (χ0v) is 12.1. The molecule has 1 aliphatic rings. The van der Waals surface area contributed by atoms with Crippen LogP contribution < -0.4 is 10.2 Å². The Balaban J connectivity index is 1.77. The Morgan fingerprint density at radius 1 is 0.850 bits per heavy atom. The highest BCUT2D eigenvalue weighted by Gasteiger charge is 2.11. The number of hydrogen-bond acceptors (Lipinski definition) is 3. The van der Waals surface area contributed by atoms with Crippen LogP contribution in [0.1, 0.15) is 0 Å². The summed E-state index contributed by atoms with van der Waals surface area (Å²) in [5, 5.41) is 3.35. The molecule has 1 aliphatic heterocycles. The van der Waals surface area contributed by atoms with E-state index in [2.05, 4.69) is 22.3 Å². The molecule has 1 N–H and O–H groups in total. The van der Waals surface area contributed by atoms with Gasteiger partial charge < -0.3 is 10.2 Å². The molecule has 2 aromatic carbocycles. The third-order valence-corrected chi connectivity index (χ3v) is 4.89. The number of benzene rings is 2. The lowest BCUT2D eigenvalue weighted by Crippen LogP contribution is -2.43. The standard InChI is InChI=1S/C16H18N2OS/c19-20(15-4-2-1-3-5-15)16-8-6-14(7-9-16)18-12-10-17-11-13-18/h1-9,17H,10-13H2. The highest BCUT2D eigenvalue weighted by Crippen LogP contribution is 2.20. The summed E-state index contributed by atoms with van der Waals surface area (Å²) in [6, 6.07) is 17.7. The van der Waals surface area contributed by atoms with E-state index in [9.17, 15) is 4.21 Å². The molecular weight excluding hydrogens is 268 g/mol. The van der Waals surface area contributed by atoms with E-state index in [1.165, 1.54) is 5.69 Å². The van der Waals surface area contributed by atoms with Gasteiger partial charge in [0, 0.05) is 41.7 Å². The molecule has 2 aromatic rings. The summed E-state index contributed by atoms with van der Waals surface area (Å²) in [5.74, 6) is 0. The first-order valence-electron chi connectivity index (χ1n) is 6.87. The minimum Gasteiger partial charge on any atom is -0.369 e. The molecule has 4 heteroatoms. The smallest absolute Gasteiger partial charge is 0.0849 e. The van der Waals surface area contributed by atoms with Crippen molar-refractivity contribution in [2.45, 2.75) is 9.79 Å². The molecule has 0 saturated carbocycles. The highest BCUT2D eigenvalue weighted by molar-refractivity contribution is 7.85. The van der Waals surface area contributed by atoms with E-state index >= 15 is 0 Å². The lowest BCUT2D eigenvalue weighted by atomic mass is 10.2. The second kappa shape index (κ2) is 6.20. The van der Waals surface area contributed by atoms with Crippen molar-refractivity contribution in [2.24, 2.45) is 0 Å². The maximum atomic E-state index is 12.4. The van der Waals surface area contributed by atoms with Gasteiger partial charge >= 0.3 is 0 Å². The average Bonchev–Trinajstić information content (AvgIpc) is 2.56. The van der Waals surface area contributed by atoms with Gasteiger partial charge in [-0.25, -0.2) is 4.21 Å². The van der Waals surface area contributed by atoms with Crippen molar-refractivity contribution in [3.05, 3.63) is 54.6 Å². The van der Waals surface area contributed by atoms with Gasteiger partial charge in [-0.1, -0.05) is 18.2 Å². The molecule has 0 aromatic heterocycles. The second-order valence-electron chi connectivity index (χ2n) is 4.81. The molecule has 20 heavy (non-hydrogen) atoms. The second-order valence-corrected chi connectivity index (χ2v) is 6.29. The SMILES string of the molecule is O=S(c1ccccc1)c1ccc(N2CCNCC2)cc1. The molecule has 1 saturated heterocycles. The van der Waals surface area contributed by atoms with E-state index < -0.39 is 10.8 Å². The summed E-state index contributed by atoms with van der Waals surface area (Å²) >= 11 is 0. The molecule has 0 aliphatic carbocycles. The summed E-state index contributed by atoms with van der Waals surface area (Å²) < 4.78 is 12.4. The Kier molecular flexibility index (Phi) is 4.14. The van der Waals surface area contributed by atoms with Crippen molar-refractivity contribution in [3.63, 3.8) is 0 Å². The van der Waals surface area contributed by atoms with Gasteiger partial charge in [0.15, 0.2) is 0 Å². The Hall–Kier alpha value is -1.65. The van der Waals surface area contributed by atoms with Gasteiger partial charge in [0.05, 0.1) is 10.8 Å². The van der Waals surface area contributed by atoms with Crippen LogP contribution in [0.3, 0.4) is 0 Å². The first-order chi connectivity index (χ1) is 9.84. The fourth-order valence-electron chi connectivity index (χ4n) is 2.38. The minimum atomic E-state index is -1.09. The number of nitrogens with zero attached hydrogens (tertiary/aromatic N) is 1. The van der Waals surface area contributed by atoms with Gasteiger partial charge in [0.2, 0.25) is 0 Å². The molecule has 1 unspecified atom stereocenters. The molecule has 0 spiro atoms. The number of rotatable bonds is 3. The number of nitrogens with one attached hydrogen (secondary N) is 1. The molecule has 0 bridgehead atoms. The summed E-state index contributed by atoms with van der Waals surface area (Å²) in [6.45, 7) is 4.11. The first-order valence-corrected chi connectivity index (χ1v) is 8.02. The van der Waals surface area contributed by atoms with Crippen molar-refractivity contribution in [1.82, 2.24) is 5.32 Å². The maximum absolute atomic E-state index is 12.4. The third kappa shape index (κ3) is 2.92. The van der Waals surface area contributed by atoms with Crippen LogP contribution in [-0.4, -0.2) is 30.4 Å². The van der Waals surface area contributed by atoms with Crippen molar-refractivity contribution in [2.75, 3.05) is 31.1 Å². The van der Waals surface area contributed by atoms with Crippen molar-refractivity contribution in [3.8, 4) is 0 Å². The summed E-state index contributed by atoms with van der Waals surface area (Å²) in [5.41, 5.74) is 1.21. The topological polar surface area (TPSA) is 32.3 Å². The van der Waals surface area contributed by atoms with Crippen LogP contribution in [0.25, 0.3) is 0 Å². The van der Waals surface area contributed by atoms with Gasteiger partial charge in [-0.05, 0) is 36.4 Å². The molecule has 104 valence electrons. The van der Waals surface area contributed by atoms with Crippen LogP contribution in [-0.2, 0) is 10.8 Å². The molecule has 3 nitrogen and oxygen atoms in total. The largest absolute Gasteiger partial charge is 0.369 e. The van der Waals surface area contributed by atoms with Crippen LogP contribution in [0.2, 0.25) is 0 Å². The van der Waals surface area contributed by atoms with Gasteiger partial charge in [0.25, 0.3) is 0 Å². The zero-order chi connectivity index (χ0) is 13.8. The molecule has 1 heterocycles. The summed E-state index contributed by atoms with van der Waals surface area (Å²) in [4.78, 5) is 4.06. The average molecular weight is 286 g/mol. The van der Waals surface area contributed by atoms with Crippen molar-refractivity contribution < 1.29 is 4.21 Å². The number of piperazine rings is 1. The van der Waals surface area contributed by atoms with Crippen LogP contribution in [0.4, 0.5) is 5.69 Å². The van der Waals surface area contributed by atoms with Gasteiger partial charge in [0.1, 0.15) is 0 Å². The van der Waals surface area contributed by atoms with Gasteiger partial charge in [-0.3, -0.25) is 0 Å². The van der Waals surface area contributed by atoms with E-state index in [0.717, 1.165) is 36.0 Å². The molecular formula is C16H18N2OS. The molecule has 0 amide bonds. The normalized spacial score (nSPS) is 16.9. The first kappa shape index (κ1) is 13.3. The Labute approximate surface area is 122 Å². The van der Waals surface area contributed by atoms with E-state index in [0.29, 0.717) is 0 Å². The summed E-state index contributed by atoms with van der Waals surface area (Å²) in [7, 11) is -1.09. The van der Waals surface area contributed by atoms with Gasteiger partial charge in [-0.2, -0.15) is 0 Å². The van der Waals surface area contributed by atoms with Gasteiger partial charge in [-0.15, -0.1) is 0 Å².